The summed E-state index contributed by atoms with van der Waals surface area (Å²) in [4.78, 5) is 12.2. The predicted octanol–water partition coefficient (Wildman–Crippen LogP) is 6.75. The standard InChI is InChI=1S/C22H38O2/c1-5-7-9-10-11-12-13-15-17-20-19(16-14-8-6-2)21(23)24-18-22(20,3)4/h15,17H,5-14,16,18H2,1-4H3/b17-15+. The Bertz CT molecular complexity index is 429. The number of allylic oxidation sites excluding steroid dienone is 2. The first-order valence-electron chi connectivity index (χ1n) is 10.1. The van der Waals surface area contributed by atoms with E-state index in [1.807, 2.05) is 0 Å². The molecule has 0 aliphatic carbocycles. The number of hydrogen-bond acceptors (Lipinski definition) is 2. The molecule has 2 nitrogen and oxygen atoms in total. The van der Waals surface area contributed by atoms with Gasteiger partial charge in [0.1, 0.15) is 6.61 Å². The van der Waals surface area contributed by atoms with Gasteiger partial charge in [-0.05, 0) is 31.3 Å². The van der Waals surface area contributed by atoms with Gasteiger partial charge in [0.25, 0.3) is 0 Å². The molecule has 0 amide bonds. The maximum Gasteiger partial charge on any atom is 0.334 e. The molecular weight excluding hydrogens is 296 g/mol. The van der Waals surface area contributed by atoms with Gasteiger partial charge in [0.15, 0.2) is 0 Å². The van der Waals surface area contributed by atoms with Crippen LogP contribution in [-0.2, 0) is 9.53 Å². The highest BCUT2D eigenvalue weighted by Gasteiger charge is 2.33. The van der Waals surface area contributed by atoms with Crippen LogP contribution in [0.3, 0.4) is 0 Å². The van der Waals surface area contributed by atoms with Crippen molar-refractivity contribution in [1.29, 1.82) is 0 Å². The minimum absolute atomic E-state index is 0.0624. The Morgan fingerprint density at radius 3 is 2.29 bits per heavy atom. The van der Waals surface area contributed by atoms with Crippen molar-refractivity contribution in [3.05, 3.63) is 23.3 Å². The highest BCUT2D eigenvalue weighted by molar-refractivity contribution is 5.91. The number of esters is 1. The van der Waals surface area contributed by atoms with Crippen LogP contribution in [0.1, 0.15) is 98.3 Å². The summed E-state index contributed by atoms with van der Waals surface area (Å²) in [6.07, 6.45) is 17.8. The first kappa shape index (κ1) is 21.0. The van der Waals surface area contributed by atoms with E-state index in [0.29, 0.717) is 6.61 Å². The summed E-state index contributed by atoms with van der Waals surface area (Å²) in [5, 5.41) is 0. The van der Waals surface area contributed by atoms with Crippen molar-refractivity contribution in [3.63, 3.8) is 0 Å². The minimum Gasteiger partial charge on any atom is -0.461 e. The molecule has 138 valence electrons. The molecule has 1 heterocycles. The summed E-state index contributed by atoms with van der Waals surface area (Å²) < 4.78 is 5.42. The Labute approximate surface area is 149 Å². The SMILES string of the molecule is CCCCCCCC/C=C/C1=C(CCCCC)C(=O)OCC1(C)C. The number of cyclic esters (lactones) is 1. The van der Waals surface area contributed by atoms with E-state index in [4.69, 9.17) is 4.74 Å². The molecule has 0 spiro atoms. The second-order valence-electron chi connectivity index (χ2n) is 7.77. The lowest BCUT2D eigenvalue weighted by Gasteiger charge is -2.33. The lowest BCUT2D eigenvalue weighted by atomic mass is 9.79. The summed E-state index contributed by atoms with van der Waals surface area (Å²) >= 11 is 0. The number of hydrogen-bond donors (Lipinski definition) is 0. The molecule has 1 aliphatic heterocycles. The summed E-state index contributed by atoms with van der Waals surface area (Å²) in [5.41, 5.74) is 2.06. The van der Waals surface area contributed by atoms with E-state index in [2.05, 4.69) is 39.8 Å². The summed E-state index contributed by atoms with van der Waals surface area (Å²) in [5.74, 6) is -0.0929. The fourth-order valence-corrected chi connectivity index (χ4v) is 3.29. The molecule has 1 aliphatic rings. The Morgan fingerprint density at radius 2 is 1.58 bits per heavy atom. The Morgan fingerprint density at radius 1 is 0.958 bits per heavy atom. The zero-order valence-electron chi connectivity index (χ0n) is 16.5. The van der Waals surface area contributed by atoms with Crippen molar-refractivity contribution in [1.82, 2.24) is 0 Å². The van der Waals surface area contributed by atoms with Crippen LogP contribution in [0.2, 0.25) is 0 Å². The average Bonchev–Trinajstić information content (AvgIpc) is 2.55. The molecule has 0 saturated heterocycles. The number of ether oxygens (including phenoxy) is 1. The molecule has 0 atom stereocenters. The third-order valence-corrected chi connectivity index (χ3v) is 4.90. The van der Waals surface area contributed by atoms with Crippen LogP contribution < -0.4 is 0 Å². The fraction of sp³-hybridized carbons (Fsp3) is 0.773. The van der Waals surface area contributed by atoms with Crippen LogP contribution >= 0.6 is 0 Å². The van der Waals surface area contributed by atoms with Gasteiger partial charge in [-0.15, -0.1) is 0 Å². The maximum atomic E-state index is 12.2. The second-order valence-corrected chi connectivity index (χ2v) is 7.77. The minimum atomic E-state index is -0.0929. The molecule has 2 heteroatoms. The van der Waals surface area contributed by atoms with E-state index in [-0.39, 0.29) is 11.4 Å². The van der Waals surface area contributed by atoms with E-state index in [9.17, 15) is 4.79 Å². The van der Waals surface area contributed by atoms with Gasteiger partial charge < -0.3 is 4.74 Å². The quantitative estimate of drug-likeness (QED) is 0.291. The first-order valence-corrected chi connectivity index (χ1v) is 10.1. The maximum absolute atomic E-state index is 12.2. The van der Waals surface area contributed by atoms with Crippen LogP contribution in [0.25, 0.3) is 0 Å². The molecule has 0 N–H and O–H groups in total. The third kappa shape index (κ3) is 7.23. The van der Waals surface area contributed by atoms with Gasteiger partial charge in [-0.25, -0.2) is 4.79 Å². The number of carbonyl (C=O) groups excluding carboxylic acids is 1. The van der Waals surface area contributed by atoms with E-state index < -0.39 is 0 Å². The molecule has 0 aromatic heterocycles. The van der Waals surface area contributed by atoms with Gasteiger partial charge in [0.2, 0.25) is 0 Å². The van der Waals surface area contributed by atoms with Crippen LogP contribution in [0.5, 0.6) is 0 Å². The van der Waals surface area contributed by atoms with Crippen molar-refractivity contribution in [2.24, 2.45) is 5.41 Å². The second kappa shape index (κ2) is 11.5. The molecule has 0 bridgehead atoms. The molecule has 0 aromatic carbocycles. The Balaban J connectivity index is 2.60. The van der Waals surface area contributed by atoms with E-state index in [1.165, 1.54) is 56.9 Å². The van der Waals surface area contributed by atoms with Gasteiger partial charge in [-0.2, -0.15) is 0 Å². The Hall–Kier alpha value is -1.05. The first-order chi connectivity index (χ1) is 11.5. The van der Waals surface area contributed by atoms with Crippen molar-refractivity contribution in [3.8, 4) is 0 Å². The molecule has 24 heavy (non-hydrogen) atoms. The number of carbonyl (C=O) groups is 1. The van der Waals surface area contributed by atoms with Crippen LogP contribution in [0.15, 0.2) is 23.3 Å². The van der Waals surface area contributed by atoms with Crippen LogP contribution in [0.4, 0.5) is 0 Å². The smallest absolute Gasteiger partial charge is 0.334 e. The molecule has 0 saturated carbocycles. The summed E-state index contributed by atoms with van der Waals surface area (Å²) in [6.45, 7) is 9.32. The van der Waals surface area contributed by atoms with Gasteiger partial charge in [0, 0.05) is 11.0 Å². The molecular formula is C22H38O2. The van der Waals surface area contributed by atoms with Crippen molar-refractivity contribution < 1.29 is 9.53 Å². The van der Waals surface area contributed by atoms with E-state index >= 15 is 0 Å². The topological polar surface area (TPSA) is 26.3 Å². The molecule has 0 fully saturated rings. The van der Waals surface area contributed by atoms with E-state index in [0.717, 1.165) is 24.8 Å². The Kier molecular flexibility index (Phi) is 10.1. The zero-order chi connectivity index (χ0) is 17.8. The van der Waals surface area contributed by atoms with E-state index in [1.54, 1.807) is 0 Å². The number of rotatable bonds is 12. The van der Waals surface area contributed by atoms with Gasteiger partial charge in [0.05, 0.1) is 0 Å². The van der Waals surface area contributed by atoms with Gasteiger partial charge >= 0.3 is 5.97 Å². The number of unbranched alkanes of at least 4 members (excludes halogenated alkanes) is 8. The van der Waals surface area contributed by atoms with Gasteiger partial charge in [-0.3, -0.25) is 0 Å². The summed E-state index contributed by atoms with van der Waals surface area (Å²) in [7, 11) is 0. The highest BCUT2D eigenvalue weighted by Crippen LogP contribution is 2.36. The largest absolute Gasteiger partial charge is 0.461 e. The average molecular weight is 335 g/mol. The van der Waals surface area contributed by atoms with Gasteiger partial charge in [-0.1, -0.05) is 84.8 Å². The van der Waals surface area contributed by atoms with Crippen LogP contribution in [0, 0.1) is 5.41 Å². The normalized spacial score (nSPS) is 17.6. The monoisotopic (exact) mass is 334 g/mol. The molecule has 0 radical (unpaired) electrons. The van der Waals surface area contributed by atoms with Crippen molar-refractivity contribution in [2.75, 3.05) is 6.61 Å². The van der Waals surface area contributed by atoms with Crippen molar-refractivity contribution in [2.45, 2.75) is 98.3 Å². The molecule has 0 unspecified atom stereocenters. The van der Waals surface area contributed by atoms with Crippen LogP contribution in [-0.4, -0.2) is 12.6 Å². The van der Waals surface area contributed by atoms with Crippen molar-refractivity contribution >= 4 is 5.97 Å². The lowest BCUT2D eigenvalue weighted by molar-refractivity contribution is -0.143. The zero-order valence-corrected chi connectivity index (χ0v) is 16.5. The molecule has 0 aromatic rings. The predicted molar refractivity (Wildman–Crippen MR) is 103 cm³/mol. The summed E-state index contributed by atoms with van der Waals surface area (Å²) in [6, 6.07) is 0. The third-order valence-electron chi connectivity index (χ3n) is 4.90. The lowest BCUT2D eigenvalue weighted by Crippen LogP contribution is -2.31. The fourth-order valence-electron chi connectivity index (χ4n) is 3.29. The highest BCUT2D eigenvalue weighted by atomic mass is 16.5. The molecule has 1 rings (SSSR count).